The van der Waals surface area contributed by atoms with Gasteiger partial charge in [0.2, 0.25) is 0 Å². The smallest absolute Gasteiger partial charge is 0.303 e. The number of halogens is 1. The lowest BCUT2D eigenvalue weighted by Crippen LogP contribution is -1.97. The number of phenolic OH excluding ortho intramolecular Hbond substituents is 1. The van der Waals surface area contributed by atoms with Gasteiger partial charge in [0.05, 0.1) is 15.9 Å². The summed E-state index contributed by atoms with van der Waals surface area (Å²) in [7, 11) is 0. The first kappa shape index (κ1) is 19.9. The van der Waals surface area contributed by atoms with E-state index < -0.39 is 27.3 Å². The van der Waals surface area contributed by atoms with Gasteiger partial charge < -0.3 is 5.11 Å². The minimum absolute atomic E-state index is 0.0755. The number of nitrogens with zero attached hydrogens (tertiary/aromatic N) is 4. The fourth-order valence-corrected chi connectivity index (χ4v) is 2.73. The number of hydrogen-bond acceptors (Lipinski definition) is 7. The van der Waals surface area contributed by atoms with Crippen LogP contribution in [-0.2, 0) is 0 Å². The molecule has 0 fully saturated rings. The van der Waals surface area contributed by atoms with Crippen molar-refractivity contribution in [2.75, 3.05) is 0 Å². The lowest BCUT2D eigenvalue weighted by molar-refractivity contribution is -0.393. The highest BCUT2D eigenvalue weighted by Crippen LogP contribution is 2.34. The van der Waals surface area contributed by atoms with Crippen LogP contribution < -0.4 is 0 Å². The van der Waals surface area contributed by atoms with Crippen LogP contribution in [0.3, 0.4) is 0 Å². The second-order valence-corrected chi connectivity index (χ2v) is 6.38. The standard InChI is InChI=1S/C19H13ClN4O5/c20-14-5-1-12(2-6-14)19(13-3-8-16(25)9-4-13)22-21-17-10-7-15(23(26)27)11-18(17)24(28)29/h1-11,19,25H. The average Bonchev–Trinajstić information content (AvgIpc) is 2.70. The van der Waals surface area contributed by atoms with E-state index in [2.05, 4.69) is 10.2 Å². The molecule has 0 aliphatic carbocycles. The Kier molecular flexibility index (Phi) is 5.79. The first-order valence-corrected chi connectivity index (χ1v) is 8.61. The highest BCUT2D eigenvalue weighted by molar-refractivity contribution is 6.30. The third-order valence-corrected chi connectivity index (χ3v) is 4.29. The summed E-state index contributed by atoms with van der Waals surface area (Å²) in [6, 6.07) is 15.6. The number of non-ortho nitro benzene ring substituents is 1. The zero-order chi connectivity index (χ0) is 21.0. The quantitative estimate of drug-likeness (QED) is 0.313. The van der Waals surface area contributed by atoms with Crippen LogP contribution in [0.15, 0.2) is 77.0 Å². The molecule has 0 amide bonds. The number of hydrogen-bond donors (Lipinski definition) is 1. The van der Waals surface area contributed by atoms with E-state index in [1.807, 2.05) is 0 Å². The van der Waals surface area contributed by atoms with Crippen LogP contribution in [0.25, 0.3) is 0 Å². The van der Waals surface area contributed by atoms with Crippen molar-refractivity contribution in [2.24, 2.45) is 10.2 Å². The molecule has 1 N–H and O–H groups in total. The van der Waals surface area contributed by atoms with Crippen molar-refractivity contribution >= 4 is 28.7 Å². The van der Waals surface area contributed by atoms with Gasteiger partial charge in [-0.1, -0.05) is 35.9 Å². The van der Waals surface area contributed by atoms with E-state index in [0.29, 0.717) is 16.1 Å². The van der Waals surface area contributed by atoms with Gasteiger partial charge in [0.25, 0.3) is 5.69 Å². The molecule has 0 heterocycles. The molecule has 0 bridgehead atoms. The summed E-state index contributed by atoms with van der Waals surface area (Å²) in [6.45, 7) is 0. The normalized spacial score (nSPS) is 12.0. The van der Waals surface area contributed by atoms with Crippen molar-refractivity contribution < 1.29 is 15.0 Å². The Balaban J connectivity index is 2.05. The Bertz CT molecular complexity index is 1040. The van der Waals surface area contributed by atoms with Gasteiger partial charge in [-0.25, -0.2) is 0 Å². The molecule has 146 valence electrons. The van der Waals surface area contributed by atoms with Gasteiger partial charge in [0.1, 0.15) is 11.8 Å². The topological polar surface area (TPSA) is 131 Å². The van der Waals surface area contributed by atoms with E-state index in [4.69, 9.17) is 11.6 Å². The van der Waals surface area contributed by atoms with Gasteiger partial charge >= 0.3 is 5.69 Å². The van der Waals surface area contributed by atoms with E-state index in [1.54, 1.807) is 36.4 Å². The Hall–Kier alpha value is -3.85. The summed E-state index contributed by atoms with van der Waals surface area (Å²) in [5, 5.41) is 40.4. The van der Waals surface area contributed by atoms with Gasteiger partial charge in [-0.3, -0.25) is 20.2 Å². The lowest BCUT2D eigenvalue weighted by Gasteiger charge is -2.12. The van der Waals surface area contributed by atoms with E-state index in [-0.39, 0.29) is 11.4 Å². The summed E-state index contributed by atoms with van der Waals surface area (Å²) >= 11 is 5.93. The molecule has 0 spiro atoms. The summed E-state index contributed by atoms with van der Waals surface area (Å²) < 4.78 is 0. The third-order valence-electron chi connectivity index (χ3n) is 4.04. The number of phenols is 1. The molecular formula is C19H13ClN4O5. The predicted octanol–water partition coefficient (Wildman–Crippen LogP) is 5.74. The van der Waals surface area contributed by atoms with Gasteiger partial charge in [-0.05, 0) is 41.5 Å². The number of azo groups is 1. The Morgan fingerprint density at radius 1 is 0.862 bits per heavy atom. The Morgan fingerprint density at radius 3 is 2.00 bits per heavy atom. The van der Waals surface area contributed by atoms with E-state index in [1.165, 1.54) is 18.2 Å². The van der Waals surface area contributed by atoms with Crippen LogP contribution in [0.1, 0.15) is 17.2 Å². The Morgan fingerprint density at radius 2 is 1.45 bits per heavy atom. The molecule has 0 aliphatic rings. The largest absolute Gasteiger partial charge is 0.508 e. The van der Waals surface area contributed by atoms with E-state index in [9.17, 15) is 25.3 Å². The van der Waals surface area contributed by atoms with Crippen LogP contribution in [0.5, 0.6) is 5.75 Å². The van der Waals surface area contributed by atoms with Crippen molar-refractivity contribution in [3.8, 4) is 5.75 Å². The van der Waals surface area contributed by atoms with Crippen LogP contribution >= 0.6 is 11.6 Å². The number of nitro benzene ring substituents is 2. The molecule has 1 unspecified atom stereocenters. The summed E-state index contributed by atoms with van der Waals surface area (Å²) in [6.07, 6.45) is 0. The minimum atomic E-state index is -0.751. The molecule has 29 heavy (non-hydrogen) atoms. The highest BCUT2D eigenvalue weighted by Gasteiger charge is 2.20. The van der Waals surface area contributed by atoms with Gasteiger partial charge in [-0.2, -0.15) is 5.11 Å². The van der Waals surface area contributed by atoms with Gasteiger partial charge in [0, 0.05) is 11.1 Å². The molecule has 3 aromatic rings. The predicted molar refractivity (Wildman–Crippen MR) is 106 cm³/mol. The molecule has 10 heteroatoms. The van der Waals surface area contributed by atoms with Crippen LogP contribution in [0.4, 0.5) is 17.1 Å². The highest BCUT2D eigenvalue weighted by atomic mass is 35.5. The minimum Gasteiger partial charge on any atom is -0.508 e. The fraction of sp³-hybridized carbons (Fsp3) is 0.0526. The van der Waals surface area contributed by atoms with Crippen LogP contribution in [0, 0.1) is 20.2 Å². The lowest BCUT2D eigenvalue weighted by atomic mass is 9.99. The first-order chi connectivity index (χ1) is 13.8. The molecule has 3 aromatic carbocycles. The molecule has 0 saturated carbocycles. The number of benzene rings is 3. The number of nitro groups is 2. The second-order valence-electron chi connectivity index (χ2n) is 5.95. The molecule has 0 aromatic heterocycles. The summed E-state index contributed by atoms with van der Waals surface area (Å²) in [4.78, 5) is 20.7. The first-order valence-electron chi connectivity index (χ1n) is 8.23. The van der Waals surface area contributed by atoms with Crippen LogP contribution in [0.2, 0.25) is 5.02 Å². The third kappa shape index (κ3) is 4.71. The maximum Gasteiger partial charge on any atom is 0.303 e. The average molecular weight is 413 g/mol. The molecule has 0 saturated heterocycles. The molecular weight excluding hydrogens is 400 g/mol. The summed E-state index contributed by atoms with van der Waals surface area (Å²) in [5.41, 5.74) is 0.345. The molecule has 0 aliphatic heterocycles. The van der Waals surface area contributed by atoms with E-state index >= 15 is 0 Å². The second kappa shape index (κ2) is 8.44. The molecule has 0 radical (unpaired) electrons. The van der Waals surface area contributed by atoms with Gasteiger partial charge in [0.15, 0.2) is 5.69 Å². The van der Waals surface area contributed by atoms with Crippen molar-refractivity contribution in [3.63, 3.8) is 0 Å². The van der Waals surface area contributed by atoms with Gasteiger partial charge in [-0.15, -0.1) is 5.11 Å². The maximum absolute atomic E-state index is 11.3. The monoisotopic (exact) mass is 412 g/mol. The fourth-order valence-electron chi connectivity index (χ4n) is 2.60. The Labute approximate surface area is 169 Å². The SMILES string of the molecule is O=[N+]([O-])c1ccc(N=NC(c2ccc(O)cc2)c2ccc(Cl)cc2)c([N+](=O)[O-])c1. The van der Waals surface area contributed by atoms with Crippen molar-refractivity contribution in [1.82, 2.24) is 0 Å². The number of aromatic hydroxyl groups is 1. The van der Waals surface area contributed by atoms with Crippen molar-refractivity contribution in [2.45, 2.75) is 6.04 Å². The zero-order valence-corrected chi connectivity index (χ0v) is 15.4. The van der Waals surface area contributed by atoms with Crippen LogP contribution in [-0.4, -0.2) is 15.0 Å². The summed E-state index contributed by atoms with van der Waals surface area (Å²) in [5.74, 6) is 0.0755. The van der Waals surface area contributed by atoms with Crippen molar-refractivity contribution in [3.05, 3.63) is 103 Å². The molecule has 9 nitrogen and oxygen atoms in total. The molecule has 1 atom stereocenters. The van der Waals surface area contributed by atoms with Crippen molar-refractivity contribution in [1.29, 1.82) is 0 Å². The number of rotatable bonds is 6. The maximum atomic E-state index is 11.3. The van der Waals surface area contributed by atoms with E-state index in [0.717, 1.165) is 12.1 Å². The molecule has 3 rings (SSSR count). The zero-order valence-electron chi connectivity index (χ0n) is 14.7.